The van der Waals surface area contributed by atoms with Crippen molar-refractivity contribution in [1.82, 2.24) is 15.0 Å². The number of anilines is 3. The van der Waals surface area contributed by atoms with E-state index in [9.17, 15) is 18.0 Å². The van der Waals surface area contributed by atoms with E-state index in [4.69, 9.17) is 0 Å². The highest BCUT2D eigenvalue weighted by molar-refractivity contribution is 6.04. The number of aryl methyl sites for hydroxylation is 2. The summed E-state index contributed by atoms with van der Waals surface area (Å²) in [6, 6.07) is 16.1. The average Bonchev–Trinajstić information content (AvgIpc) is 2.81. The number of halogens is 3. The van der Waals surface area contributed by atoms with Crippen LogP contribution in [0, 0.1) is 13.8 Å². The van der Waals surface area contributed by atoms with Gasteiger partial charge in [-0.1, -0.05) is 23.8 Å². The van der Waals surface area contributed by atoms with E-state index in [0.29, 0.717) is 22.5 Å². The lowest BCUT2D eigenvalue weighted by Gasteiger charge is -2.15. The lowest BCUT2D eigenvalue weighted by atomic mass is 10.1. The number of hydrogen-bond donors (Lipinski definition) is 2. The first kappa shape index (κ1) is 22.9. The van der Waals surface area contributed by atoms with Crippen LogP contribution in [-0.4, -0.2) is 20.9 Å². The van der Waals surface area contributed by atoms with Crippen LogP contribution < -0.4 is 10.6 Å². The first-order valence-corrected chi connectivity index (χ1v) is 10.3. The minimum atomic E-state index is -4.65. The first-order chi connectivity index (χ1) is 16.2. The van der Waals surface area contributed by atoms with Crippen molar-refractivity contribution in [3.05, 3.63) is 95.4 Å². The molecule has 4 rings (SSSR count). The molecule has 1 amide bonds. The van der Waals surface area contributed by atoms with Crippen molar-refractivity contribution >= 4 is 23.1 Å². The normalized spacial score (nSPS) is 11.2. The van der Waals surface area contributed by atoms with Gasteiger partial charge >= 0.3 is 6.18 Å². The zero-order chi connectivity index (χ0) is 24.3. The van der Waals surface area contributed by atoms with Gasteiger partial charge in [0.05, 0.1) is 0 Å². The fraction of sp³-hybridized carbons (Fsp3) is 0.120. The molecular formula is C25H20F3N5O. The molecule has 0 saturated carbocycles. The topological polar surface area (TPSA) is 79.8 Å². The van der Waals surface area contributed by atoms with Crippen LogP contribution >= 0.6 is 0 Å². The van der Waals surface area contributed by atoms with Gasteiger partial charge < -0.3 is 10.6 Å². The Morgan fingerprint density at radius 3 is 2.26 bits per heavy atom. The Morgan fingerprint density at radius 2 is 1.59 bits per heavy atom. The molecule has 0 saturated heterocycles. The zero-order valence-electron chi connectivity index (χ0n) is 18.3. The number of hydrogen-bond acceptors (Lipinski definition) is 5. The van der Waals surface area contributed by atoms with Crippen LogP contribution in [0.15, 0.2) is 73.1 Å². The standard InChI is InChI=1S/C25H20F3N5O/c1-15-3-6-18(7-4-15)24(34)30-19-8-5-16(2)20(13-19)31-22-14-21(25(26,27)28)32-23(33-22)17-9-11-29-12-10-17/h3-14H,1-2H3,(H,30,34)(H,31,32,33). The molecule has 0 atom stereocenters. The van der Waals surface area contributed by atoms with Crippen molar-refractivity contribution in [3.63, 3.8) is 0 Å². The Balaban J connectivity index is 1.64. The summed E-state index contributed by atoms with van der Waals surface area (Å²) >= 11 is 0. The predicted octanol–water partition coefficient (Wildman–Crippen LogP) is 6.17. The van der Waals surface area contributed by atoms with Gasteiger partial charge in [-0.3, -0.25) is 9.78 Å². The molecular weight excluding hydrogens is 443 g/mol. The maximum Gasteiger partial charge on any atom is 0.433 e. The minimum Gasteiger partial charge on any atom is -0.340 e. The van der Waals surface area contributed by atoms with E-state index in [1.54, 1.807) is 37.3 Å². The van der Waals surface area contributed by atoms with E-state index < -0.39 is 11.9 Å². The van der Waals surface area contributed by atoms with E-state index in [1.165, 1.54) is 24.5 Å². The summed E-state index contributed by atoms with van der Waals surface area (Å²) in [7, 11) is 0. The van der Waals surface area contributed by atoms with E-state index in [0.717, 1.165) is 17.2 Å². The summed E-state index contributed by atoms with van der Waals surface area (Å²) in [6.45, 7) is 3.72. The number of benzene rings is 2. The van der Waals surface area contributed by atoms with Crippen molar-refractivity contribution in [1.29, 1.82) is 0 Å². The number of nitrogens with zero attached hydrogens (tertiary/aromatic N) is 3. The Hall–Kier alpha value is -4.27. The van der Waals surface area contributed by atoms with Crippen molar-refractivity contribution < 1.29 is 18.0 Å². The van der Waals surface area contributed by atoms with Crippen LogP contribution in [0.4, 0.5) is 30.4 Å². The van der Waals surface area contributed by atoms with Gasteiger partial charge in [0.1, 0.15) is 5.82 Å². The molecule has 9 heteroatoms. The SMILES string of the molecule is Cc1ccc(C(=O)Nc2ccc(C)c(Nc3cc(C(F)(F)F)nc(-c4ccncc4)n3)c2)cc1. The van der Waals surface area contributed by atoms with Gasteiger partial charge in [-0.2, -0.15) is 13.2 Å². The number of carbonyl (C=O) groups excluding carboxylic acids is 1. The molecule has 0 bridgehead atoms. The number of alkyl halides is 3. The average molecular weight is 463 g/mol. The van der Waals surface area contributed by atoms with E-state index >= 15 is 0 Å². The first-order valence-electron chi connectivity index (χ1n) is 10.3. The van der Waals surface area contributed by atoms with Gasteiger partial charge in [0.15, 0.2) is 11.5 Å². The second-order valence-corrected chi connectivity index (χ2v) is 7.67. The van der Waals surface area contributed by atoms with Crippen LogP contribution in [0.3, 0.4) is 0 Å². The number of pyridine rings is 1. The molecule has 0 unspecified atom stereocenters. The smallest absolute Gasteiger partial charge is 0.340 e. The maximum absolute atomic E-state index is 13.5. The van der Waals surface area contributed by atoms with Gasteiger partial charge in [0.25, 0.3) is 5.91 Å². The summed E-state index contributed by atoms with van der Waals surface area (Å²) in [4.78, 5) is 24.4. The molecule has 0 fully saturated rings. The Bertz CT molecular complexity index is 1320. The molecule has 0 aliphatic carbocycles. The predicted molar refractivity (Wildman–Crippen MR) is 124 cm³/mol. The van der Waals surface area contributed by atoms with E-state index in [-0.39, 0.29) is 17.5 Å². The molecule has 0 spiro atoms. The maximum atomic E-state index is 13.5. The van der Waals surface area contributed by atoms with Crippen LogP contribution in [0.25, 0.3) is 11.4 Å². The number of aromatic nitrogens is 3. The molecule has 0 aliphatic rings. The molecule has 2 N–H and O–H groups in total. The van der Waals surface area contributed by atoms with Crippen LogP contribution in [0.2, 0.25) is 0 Å². The van der Waals surface area contributed by atoms with Crippen molar-refractivity contribution in [2.75, 3.05) is 10.6 Å². The highest BCUT2D eigenvalue weighted by Crippen LogP contribution is 2.32. The lowest BCUT2D eigenvalue weighted by Crippen LogP contribution is -2.12. The second kappa shape index (κ2) is 9.30. The fourth-order valence-electron chi connectivity index (χ4n) is 3.17. The second-order valence-electron chi connectivity index (χ2n) is 7.67. The number of amides is 1. The number of rotatable bonds is 5. The van der Waals surface area contributed by atoms with Gasteiger partial charge in [0, 0.05) is 41.0 Å². The third-order valence-electron chi connectivity index (χ3n) is 5.03. The summed E-state index contributed by atoms with van der Waals surface area (Å²) in [5.74, 6) is -0.406. The third-order valence-corrected chi connectivity index (χ3v) is 5.03. The van der Waals surface area contributed by atoms with Crippen molar-refractivity contribution in [2.24, 2.45) is 0 Å². The molecule has 0 radical (unpaired) electrons. The van der Waals surface area contributed by atoms with Gasteiger partial charge in [-0.05, 0) is 55.8 Å². The number of carbonyl (C=O) groups is 1. The quantitative estimate of drug-likeness (QED) is 0.370. The number of nitrogens with one attached hydrogen (secondary N) is 2. The fourth-order valence-corrected chi connectivity index (χ4v) is 3.17. The van der Waals surface area contributed by atoms with Gasteiger partial charge in [-0.15, -0.1) is 0 Å². The van der Waals surface area contributed by atoms with E-state index in [1.807, 2.05) is 19.1 Å². The van der Waals surface area contributed by atoms with Crippen molar-refractivity contribution in [2.45, 2.75) is 20.0 Å². The Labute approximate surface area is 193 Å². The third kappa shape index (κ3) is 5.37. The van der Waals surface area contributed by atoms with E-state index in [2.05, 4.69) is 25.6 Å². The summed E-state index contributed by atoms with van der Waals surface area (Å²) < 4.78 is 40.5. The summed E-state index contributed by atoms with van der Waals surface area (Å²) in [5.41, 5.74) is 2.59. The molecule has 172 valence electrons. The highest BCUT2D eigenvalue weighted by Gasteiger charge is 2.34. The summed E-state index contributed by atoms with van der Waals surface area (Å²) in [6.07, 6.45) is -1.74. The van der Waals surface area contributed by atoms with Gasteiger partial charge in [0.2, 0.25) is 0 Å². The molecule has 4 aromatic rings. The largest absolute Gasteiger partial charge is 0.433 e. The lowest BCUT2D eigenvalue weighted by molar-refractivity contribution is -0.141. The van der Waals surface area contributed by atoms with Crippen LogP contribution in [-0.2, 0) is 6.18 Å². The van der Waals surface area contributed by atoms with Crippen LogP contribution in [0.5, 0.6) is 0 Å². The molecule has 34 heavy (non-hydrogen) atoms. The molecule has 2 heterocycles. The van der Waals surface area contributed by atoms with Crippen molar-refractivity contribution in [3.8, 4) is 11.4 Å². The Morgan fingerprint density at radius 1 is 0.882 bits per heavy atom. The monoisotopic (exact) mass is 463 g/mol. The summed E-state index contributed by atoms with van der Waals surface area (Å²) in [5, 5.41) is 5.74. The zero-order valence-corrected chi connectivity index (χ0v) is 18.3. The molecule has 0 aliphatic heterocycles. The minimum absolute atomic E-state index is 0.0285. The Kier molecular flexibility index (Phi) is 6.27. The highest BCUT2D eigenvalue weighted by atomic mass is 19.4. The molecule has 6 nitrogen and oxygen atoms in total. The van der Waals surface area contributed by atoms with Gasteiger partial charge in [-0.25, -0.2) is 9.97 Å². The molecule has 2 aromatic carbocycles. The van der Waals surface area contributed by atoms with Crippen LogP contribution in [0.1, 0.15) is 27.2 Å². The molecule has 2 aromatic heterocycles.